The second-order valence-corrected chi connectivity index (χ2v) is 5.06. The minimum absolute atomic E-state index is 0.215. The number of nitrogens with zero attached hydrogens (tertiary/aromatic N) is 1. The predicted octanol–water partition coefficient (Wildman–Crippen LogP) is 1.29. The Bertz CT molecular complexity index is 433. The lowest BCUT2D eigenvalue weighted by Gasteiger charge is -2.22. The van der Waals surface area contributed by atoms with Crippen LogP contribution in [0.3, 0.4) is 0 Å². The number of primary amides is 1. The molecule has 0 spiro atoms. The number of rotatable bonds is 7. The summed E-state index contributed by atoms with van der Waals surface area (Å²) < 4.78 is 0. The van der Waals surface area contributed by atoms with Gasteiger partial charge in [-0.1, -0.05) is 25.1 Å². The molecule has 0 aromatic heterocycles. The van der Waals surface area contributed by atoms with Crippen LogP contribution in [0.25, 0.3) is 0 Å². The molecular formula is C15H23N3O. The van der Waals surface area contributed by atoms with Crippen molar-refractivity contribution in [1.29, 1.82) is 0 Å². The van der Waals surface area contributed by atoms with E-state index >= 15 is 0 Å². The molecule has 0 fully saturated rings. The summed E-state index contributed by atoms with van der Waals surface area (Å²) in [5.41, 5.74) is 8.15. The molecule has 0 saturated heterocycles. The van der Waals surface area contributed by atoms with E-state index in [0.717, 1.165) is 38.9 Å². The molecule has 1 atom stereocenters. The number of hydrogen-bond donors (Lipinski definition) is 2. The SMILES string of the molecule is CCCNC(CCN1CCc2ccccc21)C(N)=O. The zero-order chi connectivity index (χ0) is 13.7. The third-order valence-corrected chi connectivity index (χ3v) is 3.66. The van der Waals surface area contributed by atoms with Crippen LogP contribution in [0.1, 0.15) is 25.3 Å². The Morgan fingerprint density at radius 1 is 1.47 bits per heavy atom. The van der Waals surface area contributed by atoms with Crippen molar-refractivity contribution in [2.24, 2.45) is 5.73 Å². The average Bonchev–Trinajstić information content (AvgIpc) is 2.82. The van der Waals surface area contributed by atoms with Crippen molar-refractivity contribution in [2.75, 3.05) is 24.5 Å². The van der Waals surface area contributed by atoms with E-state index in [9.17, 15) is 4.79 Å². The van der Waals surface area contributed by atoms with Gasteiger partial charge in [0.1, 0.15) is 0 Å². The van der Waals surface area contributed by atoms with Crippen molar-refractivity contribution < 1.29 is 4.79 Å². The number of amides is 1. The highest BCUT2D eigenvalue weighted by molar-refractivity contribution is 5.79. The summed E-state index contributed by atoms with van der Waals surface area (Å²) in [4.78, 5) is 13.7. The van der Waals surface area contributed by atoms with Crippen LogP contribution in [0, 0.1) is 0 Å². The summed E-state index contributed by atoms with van der Waals surface area (Å²) in [6.07, 6.45) is 2.87. The molecule has 104 valence electrons. The third kappa shape index (κ3) is 3.47. The van der Waals surface area contributed by atoms with Gasteiger partial charge in [0.2, 0.25) is 5.91 Å². The third-order valence-electron chi connectivity index (χ3n) is 3.66. The maximum atomic E-state index is 11.4. The summed E-state index contributed by atoms with van der Waals surface area (Å²) in [7, 11) is 0. The second kappa shape index (κ2) is 6.57. The number of carbonyl (C=O) groups is 1. The molecule has 1 aromatic carbocycles. The molecule has 4 nitrogen and oxygen atoms in total. The van der Waals surface area contributed by atoms with Crippen LogP contribution >= 0.6 is 0 Å². The van der Waals surface area contributed by atoms with Gasteiger partial charge >= 0.3 is 0 Å². The first-order chi connectivity index (χ1) is 9.22. The van der Waals surface area contributed by atoms with Gasteiger partial charge in [0, 0.05) is 18.8 Å². The Morgan fingerprint density at radius 3 is 3.00 bits per heavy atom. The first-order valence-electron chi connectivity index (χ1n) is 7.08. The Morgan fingerprint density at radius 2 is 2.26 bits per heavy atom. The molecule has 0 radical (unpaired) electrons. The summed E-state index contributed by atoms with van der Waals surface area (Å²) in [5, 5.41) is 3.22. The normalized spacial score (nSPS) is 15.3. The van der Waals surface area contributed by atoms with Gasteiger partial charge in [-0.2, -0.15) is 0 Å². The maximum absolute atomic E-state index is 11.4. The van der Waals surface area contributed by atoms with E-state index in [1.807, 2.05) is 0 Å². The number of nitrogens with two attached hydrogens (primary N) is 1. The van der Waals surface area contributed by atoms with Gasteiger partial charge in [-0.05, 0) is 37.4 Å². The molecule has 0 bridgehead atoms. The predicted molar refractivity (Wildman–Crippen MR) is 78.3 cm³/mol. The summed E-state index contributed by atoms with van der Waals surface area (Å²) in [6, 6.07) is 8.26. The lowest BCUT2D eigenvalue weighted by atomic mass is 10.1. The number of para-hydroxylation sites is 1. The fourth-order valence-electron chi connectivity index (χ4n) is 2.59. The number of anilines is 1. The molecule has 1 unspecified atom stereocenters. The highest BCUT2D eigenvalue weighted by atomic mass is 16.1. The van der Waals surface area contributed by atoms with E-state index in [4.69, 9.17) is 5.73 Å². The fraction of sp³-hybridized carbons (Fsp3) is 0.533. The molecular weight excluding hydrogens is 238 g/mol. The standard InChI is InChI=1S/C15H23N3O/c1-2-9-17-13(15(16)19)8-11-18-10-7-12-5-3-4-6-14(12)18/h3-6,13,17H,2,7-11H2,1H3,(H2,16,19). The van der Waals surface area contributed by atoms with Gasteiger partial charge in [-0.15, -0.1) is 0 Å². The quantitative estimate of drug-likeness (QED) is 0.777. The molecule has 1 aliphatic rings. The average molecular weight is 261 g/mol. The van der Waals surface area contributed by atoms with Crippen molar-refractivity contribution in [3.63, 3.8) is 0 Å². The van der Waals surface area contributed by atoms with E-state index in [1.54, 1.807) is 0 Å². The summed E-state index contributed by atoms with van der Waals surface area (Å²) in [5.74, 6) is -0.249. The van der Waals surface area contributed by atoms with Gasteiger partial charge in [-0.3, -0.25) is 4.79 Å². The first-order valence-corrected chi connectivity index (χ1v) is 7.08. The van der Waals surface area contributed by atoms with Crippen molar-refractivity contribution >= 4 is 11.6 Å². The van der Waals surface area contributed by atoms with E-state index in [2.05, 4.69) is 41.4 Å². The Labute approximate surface area is 115 Å². The van der Waals surface area contributed by atoms with Crippen LogP contribution in [0.4, 0.5) is 5.69 Å². The highest BCUT2D eigenvalue weighted by Gasteiger charge is 2.21. The molecule has 1 aliphatic heterocycles. The van der Waals surface area contributed by atoms with Crippen LogP contribution in [0.5, 0.6) is 0 Å². The number of fused-ring (bicyclic) bond motifs is 1. The van der Waals surface area contributed by atoms with E-state index in [1.165, 1.54) is 11.3 Å². The van der Waals surface area contributed by atoms with Gasteiger partial charge in [0.05, 0.1) is 6.04 Å². The maximum Gasteiger partial charge on any atom is 0.234 e. The van der Waals surface area contributed by atoms with Crippen LogP contribution in [-0.4, -0.2) is 31.6 Å². The van der Waals surface area contributed by atoms with Gasteiger partial charge in [0.15, 0.2) is 0 Å². The minimum Gasteiger partial charge on any atom is -0.371 e. The van der Waals surface area contributed by atoms with Crippen LogP contribution < -0.4 is 16.0 Å². The van der Waals surface area contributed by atoms with Crippen molar-refractivity contribution in [3.8, 4) is 0 Å². The molecule has 0 saturated carbocycles. The molecule has 1 aromatic rings. The summed E-state index contributed by atoms with van der Waals surface area (Å²) in [6.45, 7) is 4.84. The van der Waals surface area contributed by atoms with E-state index in [0.29, 0.717) is 0 Å². The Hall–Kier alpha value is -1.55. The first kappa shape index (κ1) is 13.9. The van der Waals surface area contributed by atoms with Gasteiger partial charge in [0.25, 0.3) is 0 Å². The molecule has 2 rings (SSSR count). The van der Waals surface area contributed by atoms with Crippen LogP contribution in [0.15, 0.2) is 24.3 Å². The topological polar surface area (TPSA) is 58.4 Å². The van der Waals surface area contributed by atoms with E-state index < -0.39 is 0 Å². The fourth-order valence-corrected chi connectivity index (χ4v) is 2.59. The van der Waals surface area contributed by atoms with Crippen LogP contribution in [0.2, 0.25) is 0 Å². The highest BCUT2D eigenvalue weighted by Crippen LogP contribution is 2.27. The minimum atomic E-state index is -0.249. The van der Waals surface area contributed by atoms with Crippen molar-refractivity contribution in [2.45, 2.75) is 32.2 Å². The molecule has 3 N–H and O–H groups in total. The summed E-state index contributed by atoms with van der Waals surface area (Å²) >= 11 is 0. The number of nitrogens with one attached hydrogen (secondary N) is 1. The monoisotopic (exact) mass is 261 g/mol. The molecule has 1 amide bonds. The number of hydrogen-bond acceptors (Lipinski definition) is 3. The Balaban J connectivity index is 1.90. The zero-order valence-electron chi connectivity index (χ0n) is 11.6. The molecule has 1 heterocycles. The number of benzene rings is 1. The molecule has 0 aliphatic carbocycles. The lowest BCUT2D eigenvalue weighted by molar-refractivity contribution is -0.120. The Kier molecular flexibility index (Phi) is 4.80. The van der Waals surface area contributed by atoms with Crippen molar-refractivity contribution in [1.82, 2.24) is 5.32 Å². The molecule has 4 heteroatoms. The number of carbonyl (C=O) groups excluding carboxylic acids is 1. The van der Waals surface area contributed by atoms with E-state index in [-0.39, 0.29) is 11.9 Å². The second-order valence-electron chi connectivity index (χ2n) is 5.06. The van der Waals surface area contributed by atoms with Crippen LogP contribution in [-0.2, 0) is 11.2 Å². The largest absolute Gasteiger partial charge is 0.371 e. The zero-order valence-corrected chi connectivity index (χ0v) is 11.6. The van der Waals surface area contributed by atoms with Gasteiger partial charge in [-0.25, -0.2) is 0 Å². The molecule has 19 heavy (non-hydrogen) atoms. The van der Waals surface area contributed by atoms with Crippen molar-refractivity contribution in [3.05, 3.63) is 29.8 Å². The van der Waals surface area contributed by atoms with Gasteiger partial charge < -0.3 is 16.0 Å². The lowest BCUT2D eigenvalue weighted by Crippen LogP contribution is -2.43. The smallest absolute Gasteiger partial charge is 0.234 e.